The van der Waals surface area contributed by atoms with Gasteiger partial charge in [-0.05, 0) is 31.4 Å². The monoisotopic (exact) mass is 210 g/mol. The number of nitrogens with one attached hydrogen (secondary N) is 1. The maximum Gasteiger partial charge on any atom is 0.148 e. The standard InChI is InChI=1S/C10H18N4O/c1-15-8-4-2-3-7-12-10-6-5-9(11)13-14-10/h5-6H,2-4,7-8H2,1H3,(H2,11,13)(H,12,14). The maximum atomic E-state index is 5.42. The van der Waals surface area contributed by atoms with Crippen LogP contribution in [0.2, 0.25) is 0 Å². The number of anilines is 2. The molecule has 1 rings (SSSR count). The van der Waals surface area contributed by atoms with Gasteiger partial charge in [0.15, 0.2) is 0 Å². The molecule has 84 valence electrons. The van der Waals surface area contributed by atoms with Crippen LogP contribution >= 0.6 is 0 Å². The molecule has 0 atom stereocenters. The second-order valence-corrected chi connectivity index (χ2v) is 3.32. The van der Waals surface area contributed by atoms with Crippen molar-refractivity contribution in [3.63, 3.8) is 0 Å². The van der Waals surface area contributed by atoms with Crippen molar-refractivity contribution in [2.45, 2.75) is 19.3 Å². The van der Waals surface area contributed by atoms with Gasteiger partial charge >= 0.3 is 0 Å². The summed E-state index contributed by atoms with van der Waals surface area (Å²) in [5, 5.41) is 10.8. The highest BCUT2D eigenvalue weighted by atomic mass is 16.5. The normalized spacial score (nSPS) is 10.2. The van der Waals surface area contributed by atoms with E-state index in [1.165, 1.54) is 0 Å². The average Bonchev–Trinajstić information content (AvgIpc) is 2.26. The summed E-state index contributed by atoms with van der Waals surface area (Å²) in [5.74, 6) is 1.22. The Labute approximate surface area is 90.0 Å². The fraction of sp³-hybridized carbons (Fsp3) is 0.600. The van der Waals surface area contributed by atoms with Gasteiger partial charge in [0, 0.05) is 20.3 Å². The van der Waals surface area contributed by atoms with E-state index in [9.17, 15) is 0 Å². The molecule has 0 aliphatic carbocycles. The third kappa shape index (κ3) is 5.17. The van der Waals surface area contributed by atoms with Crippen LogP contribution in [0.5, 0.6) is 0 Å². The average molecular weight is 210 g/mol. The quantitative estimate of drug-likeness (QED) is 0.663. The fourth-order valence-electron chi connectivity index (χ4n) is 1.20. The molecule has 0 radical (unpaired) electrons. The number of rotatable bonds is 7. The first-order valence-electron chi connectivity index (χ1n) is 5.15. The minimum absolute atomic E-state index is 0.445. The summed E-state index contributed by atoms with van der Waals surface area (Å²) in [5.41, 5.74) is 5.42. The van der Waals surface area contributed by atoms with Gasteiger partial charge in [0.2, 0.25) is 0 Å². The molecule has 0 fully saturated rings. The van der Waals surface area contributed by atoms with Crippen LogP contribution in [0.3, 0.4) is 0 Å². The van der Waals surface area contributed by atoms with E-state index in [4.69, 9.17) is 10.5 Å². The van der Waals surface area contributed by atoms with Crippen molar-refractivity contribution in [1.29, 1.82) is 0 Å². The van der Waals surface area contributed by atoms with E-state index >= 15 is 0 Å². The van der Waals surface area contributed by atoms with Crippen LogP contribution in [0, 0.1) is 0 Å². The van der Waals surface area contributed by atoms with Crippen LogP contribution in [0.25, 0.3) is 0 Å². The number of nitrogen functional groups attached to an aromatic ring is 1. The molecule has 0 amide bonds. The number of hydrogen-bond acceptors (Lipinski definition) is 5. The van der Waals surface area contributed by atoms with Gasteiger partial charge < -0.3 is 15.8 Å². The SMILES string of the molecule is COCCCCCNc1ccc(N)nn1. The highest BCUT2D eigenvalue weighted by Gasteiger charge is 1.94. The number of hydrogen-bond donors (Lipinski definition) is 2. The number of unbranched alkanes of at least 4 members (excludes halogenated alkanes) is 2. The Hall–Kier alpha value is -1.36. The first kappa shape index (κ1) is 11.7. The molecule has 5 heteroatoms. The molecule has 0 aliphatic rings. The van der Waals surface area contributed by atoms with Gasteiger partial charge in [-0.3, -0.25) is 0 Å². The van der Waals surface area contributed by atoms with E-state index in [1.807, 2.05) is 6.07 Å². The molecule has 15 heavy (non-hydrogen) atoms. The number of ether oxygens (including phenoxy) is 1. The molecular formula is C10H18N4O. The van der Waals surface area contributed by atoms with E-state index in [0.29, 0.717) is 5.82 Å². The Morgan fingerprint density at radius 3 is 2.80 bits per heavy atom. The second kappa shape index (κ2) is 7.00. The van der Waals surface area contributed by atoms with Crippen LogP contribution < -0.4 is 11.1 Å². The van der Waals surface area contributed by atoms with E-state index in [0.717, 1.165) is 38.2 Å². The summed E-state index contributed by atoms with van der Waals surface area (Å²) in [6, 6.07) is 3.57. The van der Waals surface area contributed by atoms with Crippen LogP contribution in [0.4, 0.5) is 11.6 Å². The molecule has 0 saturated heterocycles. The molecule has 1 aromatic heterocycles. The lowest BCUT2D eigenvalue weighted by Crippen LogP contribution is -2.05. The van der Waals surface area contributed by atoms with Crippen LogP contribution in [0.1, 0.15) is 19.3 Å². The Morgan fingerprint density at radius 1 is 1.27 bits per heavy atom. The van der Waals surface area contributed by atoms with E-state index in [-0.39, 0.29) is 0 Å². The van der Waals surface area contributed by atoms with Crippen molar-refractivity contribution in [3.05, 3.63) is 12.1 Å². The third-order valence-corrected chi connectivity index (χ3v) is 2.02. The van der Waals surface area contributed by atoms with E-state index in [1.54, 1.807) is 13.2 Å². The van der Waals surface area contributed by atoms with Crippen molar-refractivity contribution in [2.24, 2.45) is 0 Å². The van der Waals surface area contributed by atoms with E-state index < -0.39 is 0 Å². The number of aromatic nitrogens is 2. The largest absolute Gasteiger partial charge is 0.385 e. The zero-order valence-corrected chi connectivity index (χ0v) is 9.07. The minimum Gasteiger partial charge on any atom is -0.385 e. The molecular weight excluding hydrogens is 192 g/mol. The molecule has 0 saturated carbocycles. The molecule has 0 unspecified atom stereocenters. The molecule has 0 bridgehead atoms. The molecule has 3 N–H and O–H groups in total. The smallest absolute Gasteiger partial charge is 0.148 e. The number of nitrogens with zero attached hydrogens (tertiary/aromatic N) is 2. The van der Waals surface area contributed by atoms with Gasteiger partial charge in [-0.2, -0.15) is 0 Å². The maximum absolute atomic E-state index is 5.42. The summed E-state index contributed by atoms with van der Waals surface area (Å²) in [4.78, 5) is 0. The first-order chi connectivity index (χ1) is 7.33. The lowest BCUT2D eigenvalue weighted by atomic mass is 10.2. The number of nitrogens with two attached hydrogens (primary N) is 1. The Bertz CT molecular complexity index is 263. The van der Waals surface area contributed by atoms with Gasteiger partial charge in [0.1, 0.15) is 11.6 Å². The lowest BCUT2D eigenvalue weighted by molar-refractivity contribution is 0.192. The van der Waals surface area contributed by atoms with Crippen molar-refractivity contribution < 1.29 is 4.74 Å². The first-order valence-corrected chi connectivity index (χ1v) is 5.15. The van der Waals surface area contributed by atoms with Gasteiger partial charge in [-0.1, -0.05) is 0 Å². The summed E-state index contributed by atoms with van der Waals surface area (Å²) < 4.78 is 4.96. The summed E-state index contributed by atoms with van der Waals surface area (Å²) in [6.45, 7) is 1.74. The minimum atomic E-state index is 0.445. The fourth-order valence-corrected chi connectivity index (χ4v) is 1.20. The molecule has 0 spiro atoms. The van der Waals surface area contributed by atoms with Crippen molar-refractivity contribution in [2.75, 3.05) is 31.3 Å². The van der Waals surface area contributed by atoms with Gasteiger partial charge in [-0.15, -0.1) is 10.2 Å². The van der Waals surface area contributed by atoms with Crippen molar-refractivity contribution >= 4 is 11.6 Å². The molecule has 5 nitrogen and oxygen atoms in total. The topological polar surface area (TPSA) is 73.1 Å². The second-order valence-electron chi connectivity index (χ2n) is 3.32. The summed E-state index contributed by atoms with van der Waals surface area (Å²) >= 11 is 0. The number of methoxy groups -OCH3 is 1. The van der Waals surface area contributed by atoms with Crippen molar-refractivity contribution in [1.82, 2.24) is 10.2 Å². The van der Waals surface area contributed by atoms with Crippen LogP contribution in [-0.4, -0.2) is 30.5 Å². The molecule has 0 aromatic carbocycles. The highest BCUT2D eigenvalue weighted by Crippen LogP contribution is 2.03. The molecule has 1 aromatic rings. The van der Waals surface area contributed by atoms with Gasteiger partial charge in [0.25, 0.3) is 0 Å². The van der Waals surface area contributed by atoms with Gasteiger partial charge in [0.05, 0.1) is 0 Å². The van der Waals surface area contributed by atoms with E-state index in [2.05, 4.69) is 15.5 Å². The predicted molar refractivity (Wildman–Crippen MR) is 60.7 cm³/mol. The van der Waals surface area contributed by atoms with Crippen LogP contribution in [-0.2, 0) is 4.74 Å². The summed E-state index contributed by atoms with van der Waals surface area (Å²) in [7, 11) is 1.72. The highest BCUT2D eigenvalue weighted by molar-refractivity contribution is 5.38. The van der Waals surface area contributed by atoms with Crippen molar-refractivity contribution in [3.8, 4) is 0 Å². The summed E-state index contributed by atoms with van der Waals surface area (Å²) in [6.07, 6.45) is 3.37. The van der Waals surface area contributed by atoms with Crippen LogP contribution in [0.15, 0.2) is 12.1 Å². The molecule has 1 heterocycles. The Kier molecular flexibility index (Phi) is 5.47. The Morgan fingerprint density at radius 2 is 2.13 bits per heavy atom. The third-order valence-electron chi connectivity index (χ3n) is 2.02. The van der Waals surface area contributed by atoms with Gasteiger partial charge in [-0.25, -0.2) is 0 Å². The predicted octanol–water partition coefficient (Wildman–Crippen LogP) is 1.29. The molecule has 0 aliphatic heterocycles. The lowest BCUT2D eigenvalue weighted by Gasteiger charge is -2.04. The Balaban J connectivity index is 2.07. The zero-order chi connectivity index (χ0) is 10.9. The zero-order valence-electron chi connectivity index (χ0n) is 9.07.